The van der Waals surface area contributed by atoms with Gasteiger partial charge in [-0.15, -0.1) is 0 Å². The number of ether oxygens (including phenoxy) is 2. The molecule has 1 aromatic carbocycles. The van der Waals surface area contributed by atoms with Crippen molar-refractivity contribution in [3.8, 4) is 11.8 Å². The zero-order chi connectivity index (χ0) is 19.4. The summed E-state index contributed by atoms with van der Waals surface area (Å²) in [4.78, 5) is 24.1. The fraction of sp³-hybridized carbons (Fsp3) is 0.235. The van der Waals surface area contributed by atoms with Gasteiger partial charge in [0, 0.05) is 5.02 Å². The number of halogens is 2. The lowest BCUT2D eigenvalue weighted by molar-refractivity contribution is -0.122. The highest BCUT2D eigenvalue weighted by Gasteiger charge is 2.27. The van der Waals surface area contributed by atoms with E-state index >= 15 is 0 Å². The van der Waals surface area contributed by atoms with E-state index in [9.17, 15) is 14.9 Å². The first-order chi connectivity index (χ1) is 12.3. The minimum Gasteiger partial charge on any atom is -0.479 e. The Morgan fingerprint density at radius 1 is 1.35 bits per heavy atom. The molecule has 1 amide bonds. The summed E-state index contributed by atoms with van der Waals surface area (Å²) < 4.78 is 15.4. The first kappa shape index (κ1) is 19.6. The number of methoxy groups -OCH3 is 1. The number of amides is 1. The largest absolute Gasteiger partial charge is 0.479 e. The van der Waals surface area contributed by atoms with Crippen LogP contribution in [0.4, 0.5) is 5.88 Å². The molecule has 1 aromatic heterocycles. The number of nitrogens with one attached hydrogen (secondary N) is 1. The van der Waals surface area contributed by atoms with Crippen LogP contribution >= 0.6 is 23.2 Å². The van der Waals surface area contributed by atoms with Crippen LogP contribution in [0.1, 0.15) is 28.6 Å². The van der Waals surface area contributed by atoms with Crippen molar-refractivity contribution in [1.82, 2.24) is 0 Å². The molecule has 1 atom stereocenters. The third-order valence-electron chi connectivity index (χ3n) is 3.39. The third kappa shape index (κ3) is 4.10. The molecule has 0 spiro atoms. The number of carbonyl (C=O) groups excluding carboxylic acids is 2. The van der Waals surface area contributed by atoms with Gasteiger partial charge in [-0.05, 0) is 32.0 Å². The number of rotatable bonds is 5. The average molecular weight is 397 g/mol. The van der Waals surface area contributed by atoms with Crippen molar-refractivity contribution in [1.29, 1.82) is 5.26 Å². The van der Waals surface area contributed by atoms with Gasteiger partial charge < -0.3 is 13.9 Å². The third-order valence-corrected chi connectivity index (χ3v) is 3.92. The van der Waals surface area contributed by atoms with Gasteiger partial charge in [-0.1, -0.05) is 23.2 Å². The topological polar surface area (TPSA) is 102 Å². The SMILES string of the molecule is COC(=O)c1c(C)oc(NC(=O)C(C)Oc2ccc(Cl)cc2Cl)c1C#N. The number of furan rings is 1. The number of nitrogens with zero attached hydrogens (tertiary/aromatic N) is 1. The van der Waals surface area contributed by atoms with Crippen LogP contribution in [0.15, 0.2) is 22.6 Å². The summed E-state index contributed by atoms with van der Waals surface area (Å²) in [5, 5.41) is 12.4. The fourth-order valence-electron chi connectivity index (χ4n) is 2.12. The van der Waals surface area contributed by atoms with Crippen molar-refractivity contribution in [3.05, 3.63) is 45.1 Å². The van der Waals surface area contributed by atoms with Crippen molar-refractivity contribution >= 4 is 41.0 Å². The molecule has 1 heterocycles. The molecule has 136 valence electrons. The van der Waals surface area contributed by atoms with E-state index in [1.165, 1.54) is 33.1 Å². The maximum atomic E-state index is 12.3. The highest BCUT2D eigenvalue weighted by Crippen LogP contribution is 2.29. The summed E-state index contributed by atoms with van der Waals surface area (Å²) in [7, 11) is 1.18. The van der Waals surface area contributed by atoms with E-state index in [2.05, 4.69) is 10.1 Å². The molecule has 2 rings (SSSR count). The quantitative estimate of drug-likeness (QED) is 0.767. The molecular formula is C17H14Cl2N2O5. The Hall–Kier alpha value is -2.69. The Balaban J connectivity index is 2.19. The lowest BCUT2D eigenvalue weighted by Crippen LogP contribution is -2.30. The van der Waals surface area contributed by atoms with Gasteiger partial charge in [0.15, 0.2) is 6.10 Å². The van der Waals surface area contributed by atoms with Gasteiger partial charge >= 0.3 is 5.97 Å². The number of nitriles is 1. The predicted octanol–water partition coefficient (Wildman–Crippen LogP) is 3.96. The summed E-state index contributed by atoms with van der Waals surface area (Å²) in [5.74, 6) is -1.07. The molecule has 0 aliphatic heterocycles. The summed E-state index contributed by atoms with van der Waals surface area (Å²) in [6, 6.07) is 6.40. The lowest BCUT2D eigenvalue weighted by Gasteiger charge is -2.15. The molecule has 0 aliphatic rings. The van der Waals surface area contributed by atoms with Crippen LogP contribution in [-0.2, 0) is 9.53 Å². The average Bonchev–Trinajstić information content (AvgIpc) is 2.91. The van der Waals surface area contributed by atoms with Gasteiger partial charge in [-0.25, -0.2) is 4.79 Å². The van der Waals surface area contributed by atoms with E-state index in [-0.39, 0.29) is 33.5 Å². The number of hydrogen-bond acceptors (Lipinski definition) is 6. The van der Waals surface area contributed by atoms with E-state index in [0.717, 1.165) is 0 Å². The Morgan fingerprint density at radius 2 is 2.04 bits per heavy atom. The molecular weight excluding hydrogens is 383 g/mol. The summed E-state index contributed by atoms with van der Waals surface area (Å²) >= 11 is 11.8. The molecule has 0 radical (unpaired) electrons. The van der Waals surface area contributed by atoms with E-state index < -0.39 is 18.0 Å². The van der Waals surface area contributed by atoms with E-state index in [0.29, 0.717) is 5.02 Å². The van der Waals surface area contributed by atoms with Gasteiger partial charge in [0.1, 0.15) is 28.7 Å². The van der Waals surface area contributed by atoms with Crippen LogP contribution in [0, 0.1) is 18.3 Å². The predicted molar refractivity (Wildman–Crippen MR) is 94.7 cm³/mol. The zero-order valence-electron chi connectivity index (χ0n) is 14.1. The molecule has 0 aliphatic carbocycles. The summed E-state index contributed by atoms with van der Waals surface area (Å²) in [6.07, 6.45) is -0.966. The monoisotopic (exact) mass is 396 g/mol. The van der Waals surface area contributed by atoms with E-state index in [1.807, 2.05) is 6.07 Å². The molecule has 1 N–H and O–H groups in total. The number of aryl methyl sites for hydroxylation is 1. The molecule has 9 heteroatoms. The number of carbonyl (C=O) groups is 2. The Morgan fingerprint density at radius 3 is 2.62 bits per heavy atom. The van der Waals surface area contributed by atoms with Crippen LogP contribution < -0.4 is 10.1 Å². The number of benzene rings is 1. The van der Waals surface area contributed by atoms with Crippen LogP contribution in [-0.4, -0.2) is 25.1 Å². The maximum absolute atomic E-state index is 12.3. The van der Waals surface area contributed by atoms with E-state index in [1.54, 1.807) is 6.07 Å². The lowest BCUT2D eigenvalue weighted by atomic mass is 10.1. The standard InChI is InChI=1S/C17H14Cl2N2O5/c1-8-14(17(23)24-3)11(7-20)16(26-8)21-15(22)9(2)25-13-5-4-10(18)6-12(13)19/h4-6,9H,1-3H3,(H,21,22). The Labute approximate surface area is 159 Å². The number of hydrogen-bond donors (Lipinski definition) is 1. The highest BCUT2D eigenvalue weighted by atomic mass is 35.5. The minimum absolute atomic E-state index is 0.0420. The maximum Gasteiger partial charge on any atom is 0.342 e. The molecule has 0 fully saturated rings. The number of esters is 1. The second-order valence-corrected chi connectivity index (χ2v) is 6.01. The minimum atomic E-state index is -0.966. The number of anilines is 1. The van der Waals surface area contributed by atoms with Crippen molar-refractivity contribution < 1.29 is 23.5 Å². The second kappa shape index (κ2) is 8.13. The molecule has 0 bridgehead atoms. The first-order valence-electron chi connectivity index (χ1n) is 7.32. The van der Waals surface area contributed by atoms with Crippen LogP contribution in [0.2, 0.25) is 10.0 Å². The van der Waals surface area contributed by atoms with Crippen molar-refractivity contribution in [3.63, 3.8) is 0 Å². The van der Waals surface area contributed by atoms with Gasteiger partial charge in [-0.2, -0.15) is 5.26 Å². The smallest absolute Gasteiger partial charge is 0.342 e. The first-order valence-corrected chi connectivity index (χ1v) is 8.08. The Bertz CT molecular complexity index is 901. The van der Waals surface area contributed by atoms with Crippen LogP contribution in [0.5, 0.6) is 5.75 Å². The fourth-order valence-corrected chi connectivity index (χ4v) is 2.57. The van der Waals surface area contributed by atoms with Crippen molar-refractivity contribution in [2.45, 2.75) is 20.0 Å². The molecule has 0 saturated carbocycles. The van der Waals surface area contributed by atoms with Gasteiger partial charge in [0.2, 0.25) is 5.88 Å². The van der Waals surface area contributed by atoms with Gasteiger partial charge in [0.25, 0.3) is 5.91 Å². The normalized spacial score (nSPS) is 11.4. The summed E-state index contributed by atoms with van der Waals surface area (Å²) in [5.41, 5.74) is -0.168. The van der Waals surface area contributed by atoms with Crippen molar-refractivity contribution in [2.24, 2.45) is 0 Å². The molecule has 26 heavy (non-hydrogen) atoms. The highest BCUT2D eigenvalue weighted by molar-refractivity contribution is 6.35. The van der Waals surface area contributed by atoms with Crippen LogP contribution in [0.3, 0.4) is 0 Å². The van der Waals surface area contributed by atoms with Crippen LogP contribution in [0.25, 0.3) is 0 Å². The van der Waals surface area contributed by atoms with Gasteiger partial charge in [0.05, 0.1) is 12.1 Å². The zero-order valence-corrected chi connectivity index (χ0v) is 15.6. The molecule has 1 unspecified atom stereocenters. The molecule has 0 saturated heterocycles. The van der Waals surface area contributed by atoms with Gasteiger partial charge in [-0.3, -0.25) is 10.1 Å². The molecule has 2 aromatic rings. The second-order valence-electron chi connectivity index (χ2n) is 5.16. The van der Waals surface area contributed by atoms with Crippen molar-refractivity contribution in [2.75, 3.05) is 12.4 Å². The Kier molecular flexibility index (Phi) is 6.14. The molecule has 7 nitrogen and oxygen atoms in total. The van der Waals surface area contributed by atoms with E-state index in [4.69, 9.17) is 32.4 Å². The summed E-state index contributed by atoms with van der Waals surface area (Å²) in [6.45, 7) is 2.97.